The van der Waals surface area contributed by atoms with Crippen molar-refractivity contribution in [1.29, 1.82) is 0 Å². The minimum absolute atomic E-state index is 0.494. The molecule has 0 unspecified atom stereocenters. The molecule has 10 aromatic rings. The minimum atomic E-state index is 0.494. The van der Waals surface area contributed by atoms with Gasteiger partial charge in [0, 0.05) is 50.5 Å². The molecule has 0 fully saturated rings. The van der Waals surface area contributed by atoms with Gasteiger partial charge in [-0.25, -0.2) is 19.9 Å². The summed E-state index contributed by atoms with van der Waals surface area (Å²) in [5.41, 5.74) is 8.98. The zero-order chi connectivity index (χ0) is 33.7. The quantitative estimate of drug-likeness (QED) is 0.171. The average Bonchev–Trinajstić information content (AvgIpc) is 3.60. The van der Waals surface area contributed by atoms with Crippen molar-refractivity contribution in [2.45, 2.75) is 0 Å². The van der Waals surface area contributed by atoms with E-state index < -0.39 is 0 Å². The van der Waals surface area contributed by atoms with Crippen LogP contribution in [0.15, 0.2) is 162 Å². The van der Waals surface area contributed by atoms with Gasteiger partial charge in [-0.1, -0.05) is 97.1 Å². The number of aromatic nitrogens is 6. The average molecular weight is 655 g/mol. The highest BCUT2D eigenvalue weighted by atomic mass is 16.3. The second-order valence-electron chi connectivity index (χ2n) is 12.3. The maximum Gasteiger partial charge on any atom is 0.182 e. The van der Waals surface area contributed by atoms with E-state index in [0.717, 1.165) is 71.6 Å². The maximum atomic E-state index is 6.52. The fraction of sp³-hybridized carbons (Fsp3) is 0. The number of furan rings is 1. The Bertz CT molecular complexity index is 2850. The summed E-state index contributed by atoms with van der Waals surface area (Å²) < 4.78 is 6.52. The Kier molecular flexibility index (Phi) is 6.67. The van der Waals surface area contributed by atoms with Gasteiger partial charge < -0.3 is 4.42 Å². The van der Waals surface area contributed by atoms with E-state index in [9.17, 15) is 0 Å². The molecule has 0 N–H and O–H groups in total. The Balaban J connectivity index is 1.07. The third-order valence-electron chi connectivity index (χ3n) is 9.24. The van der Waals surface area contributed by atoms with Gasteiger partial charge in [-0.3, -0.25) is 9.97 Å². The van der Waals surface area contributed by atoms with E-state index in [1.54, 1.807) is 12.4 Å². The Morgan fingerprint density at radius 2 is 1.02 bits per heavy atom. The summed E-state index contributed by atoms with van der Waals surface area (Å²) in [6.45, 7) is 0. The van der Waals surface area contributed by atoms with Gasteiger partial charge in [0.05, 0.1) is 11.2 Å². The van der Waals surface area contributed by atoms with Gasteiger partial charge in [0.15, 0.2) is 17.5 Å². The predicted molar refractivity (Wildman–Crippen MR) is 203 cm³/mol. The monoisotopic (exact) mass is 654 g/mol. The van der Waals surface area contributed by atoms with Crippen molar-refractivity contribution >= 4 is 43.6 Å². The largest absolute Gasteiger partial charge is 0.455 e. The first-order valence-electron chi connectivity index (χ1n) is 16.7. The Labute approximate surface area is 292 Å². The van der Waals surface area contributed by atoms with Crippen LogP contribution in [-0.2, 0) is 0 Å². The minimum Gasteiger partial charge on any atom is -0.455 e. The molecule has 0 saturated carbocycles. The first kappa shape index (κ1) is 28.9. The molecular formula is C44H26N6O. The van der Waals surface area contributed by atoms with Gasteiger partial charge in [-0.15, -0.1) is 0 Å². The molecule has 0 bridgehead atoms. The molecule has 238 valence electrons. The zero-order valence-corrected chi connectivity index (χ0v) is 27.1. The van der Waals surface area contributed by atoms with Crippen LogP contribution in [0.25, 0.3) is 100 Å². The lowest BCUT2D eigenvalue weighted by atomic mass is 9.95. The molecule has 0 spiro atoms. The van der Waals surface area contributed by atoms with Crippen LogP contribution in [0.1, 0.15) is 0 Å². The number of nitrogens with zero attached hydrogens (tertiary/aromatic N) is 6. The van der Waals surface area contributed by atoms with Gasteiger partial charge in [-0.05, 0) is 59.7 Å². The summed E-state index contributed by atoms with van der Waals surface area (Å²) in [6, 6.07) is 49.1. The lowest BCUT2D eigenvalue weighted by Crippen LogP contribution is -2.01. The van der Waals surface area contributed by atoms with Crippen molar-refractivity contribution in [3.8, 4) is 56.8 Å². The third-order valence-corrected chi connectivity index (χ3v) is 9.24. The molecule has 0 atom stereocenters. The van der Waals surface area contributed by atoms with Crippen LogP contribution in [0.3, 0.4) is 0 Å². The van der Waals surface area contributed by atoms with Crippen molar-refractivity contribution < 1.29 is 4.42 Å². The van der Waals surface area contributed by atoms with Crippen LogP contribution in [-0.4, -0.2) is 29.9 Å². The molecule has 0 aliphatic carbocycles. The standard InChI is InChI=1S/C44H26N6O/c1-3-14-35-33(13-1)39-34(23-22-32-31-12-2-4-17-38(31)51-41(32)39)40(47-35)30-11-9-10-29(26-30)27-18-20-28(21-19-27)42-48-43(36-15-5-7-24-45-36)50-44(49-42)37-16-6-8-25-46-37/h1-26H. The van der Waals surface area contributed by atoms with Gasteiger partial charge in [-0.2, -0.15) is 0 Å². The summed E-state index contributed by atoms with van der Waals surface area (Å²) in [7, 11) is 0. The molecule has 0 saturated heterocycles. The number of hydrogen-bond acceptors (Lipinski definition) is 7. The SMILES string of the molecule is c1ccc(-c2nc(-c3ccc(-c4cccc(-c5nc6ccccc6c6c5ccc5c7ccccc7oc56)c4)cc3)nc(-c3ccccn3)n2)nc1. The molecule has 0 radical (unpaired) electrons. The van der Waals surface area contributed by atoms with Crippen LogP contribution in [0, 0.1) is 0 Å². The number of pyridine rings is 3. The normalized spacial score (nSPS) is 11.5. The summed E-state index contributed by atoms with van der Waals surface area (Å²) in [6.07, 6.45) is 3.47. The fourth-order valence-corrected chi connectivity index (χ4v) is 6.82. The highest BCUT2D eigenvalue weighted by Crippen LogP contribution is 2.41. The molecule has 5 heterocycles. The lowest BCUT2D eigenvalue weighted by molar-refractivity contribution is 0.673. The molecule has 5 aromatic carbocycles. The highest BCUT2D eigenvalue weighted by Gasteiger charge is 2.18. The van der Waals surface area contributed by atoms with Gasteiger partial charge in [0.25, 0.3) is 0 Å². The predicted octanol–water partition coefficient (Wildman–Crippen LogP) is 10.6. The van der Waals surface area contributed by atoms with E-state index in [0.29, 0.717) is 28.9 Å². The van der Waals surface area contributed by atoms with Crippen LogP contribution in [0.4, 0.5) is 0 Å². The van der Waals surface area contributed by atoms with Gasteiger partial charge in [0.2, 0.25) is 0 Å². The molecule has 7 nitrogen and oxygen atoms in total. The molecule has 0 aliphatic rings. The first-order valence-corrected chi connectivity index (χ1v) is 16.7. The smallest absolute Gasteiger partial charge is 0.182 e. The lowest BCUT2D eigenvalue weighted by Gasteiger charge is -2.12. The van der Waals surface area contributed by atoms with Crippen LogP contribution < -0.4 is 0 Å². The van der Waals surface area contributed by atoms with Crippen molar-refractivity contribution in [2.24, 2.45) is 0 Å². The highest BCUT2D eigenvalue weighted by molar-refractivity contribution is 6.24. The molecule has 51 heavy (non-hydrogen) atoms. The molecule has 5 aromatic heterocycles. The number of benzene rings is 5. The molecule has 0 amide bonds. The van der Waals surface area contributed by atoms with E-state index in [4.69, 9.17) is 24.4 Å². The summed E-state index contributed by atoms with van der Waals surface area (Å²) in [4.78, 5) is 28.5. The van der Waals surface area contributed by atoms with Crippen molar-refractivity contribution in [3.05, 3.63) is 158 Å². The second kappa shape index (κ2) is 11.8. The van der Waals surface area contributed by atoms with Crippen molar-refractivity contribution in [2.75, 3.05) is 0 Å². The molecule has 7 heteroatoms. The number of para-hydroxylation sites is 2. The van der Waals surface area contributed by atoms with Crippen LogP contribution in [0.5, 0.6) is 0 Å². The van der Waals surface area contributed by atoms with E-state index in [1.807, 2.05) is 66.7 Å². The second-order valence-corrected chi connectivity index (χ2v) is 12.3. The van der Waals surface area contributed by atoms with E-state index in [1.165, 1.54) is 0 Å². The summed E-state index contributed by atoms with van der Waals surface area (Å²) >= 11 is 0. The first-order chi connectivity index (χ1) is 25.3. The van der Waals surface area contributed by atoms with E-state index >= 15 is 0 Å². The number of fused-ring (bicyclic) bond motifs is 7. The third kappa shape index (κ3) is 4.99. The summed E-state index contributed by atoms with van der Waals surface area (Å²) in [5.74, 6) is 1.54. The fourth-order valence-electron chi connectivity index (χ4n) is 6.82. The van der Waals surface area contributed by atoms with Crippen LogP contribution >= 0.6 is 0 Å². The van der Waals surface area contributed by atoms with Crippen LogP contribution in [0.2, 0.25) is 0 Å². The van der Waals surface area contributed by atoms with Crippen molar-refractivity contribution in [1.82, 2.24) is 29.9 Å². The molecular weight excluding hydrogens is 629 g/mol. The molecule has 10 rings (SSSR count). The molecule has 0 aliphatic heterocycles. The van der Waals surface area contributed by atoms with E-state index in [2.05, 4.69) is 88.8 Å². The van der Waals surface area contributed by atoms with Gasteiger partial charge in [0.1, 0.15) is 22.6 Å². The Hall–Kier alpha value is -7.12. The number of hydrogen-bond donors (Lipinski definition) is 0. The van der Waals surface area contributed by atoms with Crippen molar-refractivity contribution in [3.63, 3.8) is 0 Å². The van der Waals surface area contributed by atoms with Gasteiger partial charge >= 0.3 is 0 Å². The zero-order valence-electron chi connectivity index (χ0n) is 27.1. The maximum absolute atomic E-state index is 6.52. The Morgan fingerprint density at radius 3 is 1.76 bits per heavy atom. The Morgan fingerprint density at radius 1 is 0.392 bits per heavy atom. The summed E-state index contributed by atoms with van der Waals surface area (Å²) in [5, 5.41) is 5.41. The number of rotatable bonds is 5. The van der Waals surface area contributed by atoms with E-state index in [-0.39, 0.29) is 0 Å². The topological polar surface area (TPSA) is 90.5 Å².